The predicted molar refractivity (Wildman–Crippen MR) is 33.4 cm³/mol. The van der Waals surface area contributed by atoms with E-state index in [1.807, 2.05) is 0 Å². The third-order valence-electron chi connectivity index (χ3n) is 0.769. The van der Waals surface area contributed by atoms with E-state index < -0.39 is 6.23 Å². The zero-order valence-corrected chi connectivity index (χ0v) is 6.71. The Morgan fingerprint density at radius 1 is 1.70 bits per heavy atom. The maximum atomic E-state index is 10.2. The summed E-state index contributed by atoms with van der Waals surface area (Å²) >= 11 is 0. The number of carbonyl (C=O) groups is 1. The minimum absolute atomic E-state index is 0. The van der Waals surface area contributed by atoms with Crippen molar-refractivity contribution in [3.63, 3.8) is 0 Å². The number of rotatable bonds is 3. The van der Waals surface area contributed by atoms with Gasteiger partial charge in [-0.3, -0.25) is 10.5 Å². The summed E-state index contributed by atoms with van der Waals surface area (Å²) in [4.78, 5) is 10.2. The van der Waals surface area contributed by atoms with Crippen LogP contribution in [0.5, 0.6) is 0 Å². The SMILES string of the molecule is CC(=O)OC(N)CCN.[Cu]. The molecular weight excluding hydrogens is 184 g/mol. The second-order valence-corrected chi connectivity index (χ2v) is 1.73. The van der Waals surface area contributed by atoms with Crippen molar-refractivity contribution in [3.05, 3.63) is 0 Å². The maximum Gasteiger partial charge on any atom is 0.304 e. The van der Waals surface area contributed by atoms with E-state index in [1.54, 1.807) is 0 Å². The third-order valence-corrected chi connectivity index (χ3v) is 0.769. The van der Waals surface area contributed by atoms with Crippen molar-refractivity contribution in [2.24, 2.45) is 11.5 Å². The van der Waals surface area contributed by atoms with E-state index in [9.17, 15) is 4.79 Å². The van der Waals surface area contributed by atoms with Gasteiger partial charge in [-0.2, -0.15) is 0 Å². The van der Waals surface area contributed by atoms with Gasteiger partial charge in [0, 0.05) is 30.4 Å². The summed E-state index contributed by atoms with van der Waals surface area (Å²) < 4.78 is 4.55. The van der Waals surface area contributed by atoms with Gasteiger partial charge in [-0.1, -0.05) is 0 Å². The normalized spacial score (nSPS) is 11.5. The van der Waals surface area contributed by atoms with Crippen molar-refractivity contribution in [2.75, 3.05) is 6.54 Å². The molecule has 10 heavy (non-hydrogen) atoms. The molecule has 65 valence electrons. The molecule has 0 amide bonds. The van der Waals surface area contributed by atoms with Gasteiger partial charge >= 0.3 is 5.97 Å². The predicted octanol–water partition coefficient (Wildman–Crippen LogP) is -0.819. The molecule has 0 aliphatic rings. The summed E-state index contributed by atoms with van der Waals surface area (Å²) in [7, 11) is 0. The van der Waals surface area contributed by atoms with Gasteiger partial charge in [-0.05, 0) is 6.54 Å². The van der Waals surface area contributed by atoms with Gasteiger partial charge < -0.3 is 10.5 Å². The average Bonchev–Trinajstić information content (AvgIpc) is 1.63. The van der Waals surface area contributed by atoms with Crippen LogP contribution in [-0.4, -0.2) is 18.7 Å². The van der Waals surface area contributed by atoms with Crippen LogP contribution in [0.1, 0.15) is 13.3 Å². The van der Waals surface area contributed by atoms with Gasteiger partial charge in [0.15, 0.2) is 6.23 Å². The summed E-state index contributed by atoms with van der Waals surface area (Å²) in [5.74, 6) is -0.365. The van der Waals surface area contributed by atoms with Crippen LogP contribution >= 0.6 is 0 Å². The van der Waals surface area contributed by atoms with Crippen LogP contribution in [-0.2, 0) is 26.6 Å². The fourth-order valence-corrected chi connectivity index (χ4v) is 0.436. The maximum absolute atomic E-state index is 10.2. The molecular formula is C5H12CuN2O2. The second kappa shape index (κ2) is 7.02. The van der Waals surface area contributed by atoms with Gasteiger partial charge in [-0.15, -0.1) is 0 Å². The topological polar surface area (TPSA) is 78.3 Å². The zero-order valence-electron chi connectivity index (χ0n) is 5.76. The molecule has 4 nitrogen and oxygen atoms in total. The Morgan fingerprint density at radius 3 is 2.50 bits per heavy atom. The van der Waals surface area contributed by atoms with E-state index in [2.05, 4.69) is 4.74 Å². The van der Waals surface area contributed by atoms with Crippen molar-refractivity contribution in [1.29, 1.82) is 0 Å². The number of hydrogen-bond acceptors (Lipinski definition) is 4. The summed E-state index contributed by atoms with van der Waals surface area (Å²) in [5, 5.41) is 0. The molecule has 0 bridgehead atoms. The van der Waals surface area contributed by atoms with Crippen molar-refractivity contribution in [3.8, 4) is 0 Å². The quantitative estimate of drug-likeness (QED) is 0.351. The number of ether oxygens (including phenoxy) is 1. The molecule has 1 unspecified atom stereocenters. The Balaban J connectivity index is 0. The van der Waals surface area contributed by atoms with Crippen molar-refractivity contribution in [2.45, 2.75) is 19.6 Å². The van der Waals surface area contributed by atoms with Crippen LogP contribution < -0.4 is 11.5 Å². The fourth-order valence-electron chi connectivity index (χ4n) is 0.436. The second-order valence-electron chi connectivity index (χ2n) is 1.73. The third kappa shape index (κ3) is 7.91. The summed E-state index contributed by atoms with van der Waals surface area (Å²) in [6.07, 6.45) is -0.0213. The number of esters is 1. The molecule has 1 radical (unpaired) electrons. The number of hydrogen-bond donors (Lipinski definition) is 2. The van der Waals surface area contributed by atoms with E-state index in [4.69, 9.17) is 11.5 Å². The standard InChI is InChI=1S/C5H12N2O2.Cu/c1-4(8)9-5(7)2-3-6;/h5H,2-3,6-7H2,1H3;. The molecule has 0 saturated heterocycles. The molecule has 0 aromatic heterocycles. The number of nitrogens with two attached hydrogens (primary N) is 2. The van der Waals surface area contributed by atoms with Crippen LogP contribution in [0, 0.1) is 0 Å². The Kier molecular flexibility index (Phi) is 8.83. The minimum atomic E-state index is -0.535. The van der Waals surface area contributed by atoms with E-state index in [1.165, 1.54) is 6.92 Å². The van der Waals surface area contributed by atoms with Gasteiger partial charge in [0.1, 0.15) is 0 Å². The molecule has 0 aliphatic carbocycles. The fraction of sp³-hybridized carbons (Fsp3) is 0.800. The monoisotopic (exact) mass is 195 g/mol. The molecule has 0 heterocycles. The van der Waals surface area contributed by atoms with E-state index in [0.29, 0.717) is 13.0 Å². The Labute approximate surface area is 70.7 Å². The van der Waals surface area contributed by atoms with Crippen molar-refractivity contribution >= 4 is 5.97 Å². The van der Waals surface area contributed by atoms with Gasteiger partial charge in [0.25, 0.3) is 0 Å². The van der Waals surface area contributed by atoms with Gasteiger partial charge in [-0.25, -0.2) is 0 Å². The molecule has 0 aromatic carbocycles. The first-order valence-electron chi connectivity index (χ1n) is 2.79. The van der Waals surface area contributed by atoms with E-state index >= 15 is 0 Å². The molecule has 1 atom stereocenters. The van der Waals surface area contributed by atoms with Gasteiger partial charge in [0.2, 0.25) is 0 Å². The Morgan fingerprint density at radius 2 is 2.20 bits per heavy atom. The molecule has 0 spiro atoms. The van der Waals surface area contributed by atoms with Crippen molar-refractivity contribution in [1.82, 2.24) is 0 Å². The van der Waals surface area contributed by atoms with Gasteiger partial charge in [0.05, 0.1) is 0 Å². The van der Waals surface area contributed by atoms with E-state index in [0.717, 1.165) is 0 Å². The van der Waals surface area contributed by atoms with Crippen molar-refractivity contribution < 1.29 is 26.6 Å². The average molecular weight is 196 g/mol. The first-order chi connectivity index (χ1) is 4.16. The molecule has 5 heteroatoms. The van der Waals surface area contributed by atoms with Crippen LogP contribution in [0.15, 0.2) is 0 Å². The molecule has 0 aliphatic heterocycles. The Bertz CT molecular complexity index is 99.6. The van der Waals surface area contributed by atoms with Crippen LogP contribution in [0.2, 0.25) is 0 Å². The molecule has 0 fully saturated rings. The summed E-state index contributed by atoms with van der Waals surface area (Å²) in [6.45, 7) is 1.75. The smallest absolute Gasteiger partial charge is 0.304 e. The Hall–Kier alpha value is -0.0905. The first kappa shape index (κ1) is 12.6. The molecule has 0 saturated carbocycles. The summed E-state index contributed by atoms with van der Waals surface area (Å²) in [5.41, 5.74) is 10.4. The molecule has 0 rings (SSSR count). The number of carbonyl (C=O) groups excluding carboxylic acids is 1. The molecule has 0 aromatic rings. The minimum Gasteiger partial charge on any atom is -0.447 e. The van der Waals surface area contributed by atoms with E-state index in [-0.39, 0.29) is 23.0 Å². The largest absolute Gasteiger partial charge is 0.447 e. The zero-order chi connectivity index (χ0) is 7.28. The van der Waals surface area contributed by atoms with Crippen LogP contribution in [0.25, 0.3) is 0 Å². The first-order valence-corrected chi connectivity index (χ1v) is 2.79. The van der Waals surface area contributed by atoms with Crippen LogP contribution in [0.4, 0.5) is 0 Å². The van der Waals surface area contributed by atoms with Crippen LogP contribution in [0.3, 0.4) is 0 Å². The molecule has 4 N–H and O–H groups in total. The summed E-state index contributed by atoms with van der Waals surface area (Å²) in [6, 6.07) is 0.